The van der Waals surface area contributed by atoms with Crippen molar-refractivity contribution in [2.45, 2.75) is 51.5 Å². The predicted octanol–water partition coefficient (Wildman–Crippen LogP) is 6.05. The smallest absolute Gasteiger partial charge is 0.341 e. The first-order valence-electron chi connectivity index (χ1n) is 11.5. The summed E-state index contributed by atoms with van der Waals surface area (Å²) >= 11 is 11.3. The van der Waals surface area contributed by atoms with E-state index < -0.39 is 11.8 Å². The molecule has 190 valence electrons. The van der Waals surface area contributed by atoms with Crippen molar-refractivity contribution in [3.63, 3.8) is 0 Å². The minimum Gasteiger partial charge on any atom is -0.462 e. The van der Waals surface area contributed by atoms with Crippen molar-refractivity contribution < 1.29 is 18.7 Å². The number of Topliss-reactive ketones (excluding diaryl/α,β-unsaturated/α-hetero) is 1. The van der Waals surface area contributed by atoms with Gasteiger partial charge in [0.05, 0.1) is 28.3 Å². The van der Waals surface area contributed by atoms with E-state index in [0.29, 0.717) is 30.1 Å². The molecule has 1 aliphatic carbocycles. The second-order valence-electron chi connectivity index (χ2n) is 8.12. The summed E-state index contributed by atoms with van der Waals surface area (Å²) in [6.07, 6.45) is 9.99. The van der Waals surface area contributed by atoms with Crippen LogP contribution in [-0.4, -0.2) is 38.3 Å². The van der Waals surface area contributed by atoms with Gasteiger partial charge in [0.1, 0.15) is 5.82 Å². The van der Waals surface area contributed by atoms with E-state index in [0.717, 1.165) is 31.2 Å². The van der Waals surface area contributed by atoms with Gasteiger partial charge in [-0.2, -0.15) is 0 Å². The number of aromatic nitrogens is 4. The molecule has 0 unspecified atom stereocenters. The molecule has 0 aliphatic heterocycles. The van der Waals surface area contributed by atoms with Gasteiger partial charge in [0.15, 0.2) is 5.78 Å². The zero-order valence-electron chi connectivity index (χ0n) is 19.9. The third-order valence-corrected chi connectivity index (χ3v) is 5.92. The van der Waals surface area contributed by atoms with E-state index in [9.17, 15) is 14.0 Å². The fourth-order valence-electron chi connectivity index (χ4n) is 3.27. The molecule has 4 rings (SSSR count). The van der Waals surface area contributed by atoms with Gasteiger partial charge in [0, 0.05) is 31.2 Å². The largest absolute Gasteiger partial charge is 0.462 e. The lowest BCUT2D eigenvalue weighted by atomic mass is 10.1. The number of nitrogens with zero attached hydrogens (tertiary/aromatic N) is 4. The number of esters is 1. The molecule has 2 heterocycles. The molecule has 1 N–H and O–H groups in total. The normalized spacial score (nSPS) is 13.2. The number of unbranched alkanes of at least 4 members (excludes halogenated alkanes) is 1. The minimum absolute atomic E-state index is 0.0820. The summed E-state index contributed by atoms with van der Waals surface area (Å²) < 4.78 is 18.2. The van der Waals surface area contributed by atoms with E-state index in [1.807, 2.05) is 6.92 Å². The van der Waals surface area contributed by atoms with E-state index in [1.165, 1.54) is 30.9 Å². The number of carbonyl (C=O) groups excluding carboxylic acids is 2. The molecular weight excluding hydrogens is 508 g/mol. The highest BCUT2D eigenvalue weighted by atomic mass is 35.5. The SMILES string of the molecule is CCCCC(=O)c1cnc(Cl)nc1.CCOC(=O)c1cnc(NC2(c3ccc(F)c(Cl)c3)CC2)nc1. The number of nitrogens with one attached hydrogen (secondary N) is 1. The van der Waals surface area contributed by atoms with Crippen LogP contribution in [0, 0.1) is 5.82 Å². The topological polar surface area (TPSA) is 107 Å². The van der Waals surface area contributed by atoms with Crippen molar-refractivity contribution in [2.75, 3.05) is 11.9 Å². The van der Waals surface area contributed by atoms with Gasteiger partial charge >= 0.3 is 5.97 Å². The van der Waals surface area contributed by atoms with Gasteiger partial charge in [0.2, 0.25) is 11.2 Å². The minimum atomic E-state index is -0.453. The highest BCUT2D eigenvalue weighted by molar-refractivity contribution is 6.30. The van der Waals surface area contributed by atoms with Crippen LogP contribution in [-0.2, 0) is 10.3 Å². The monoisotopic (exact) mass is 533 g/mol. The van der Waals surface area contributed by atoms with Crippen LogP contribution >= 0.6 is 23.2 Å². The number of ether oxygens (including phenoxy) is 1. The van der Waals surface area contributed by atoms with Crippen LogP contribution in [0.5, 0.6) is 0 Å². The van der Waals surface area contributed by atoms with Gasteiger partial charge in [0.25, 0.3) is 0 Å². The van der Waals surface area contributed by atoms with Crippen molar-refractivity contribution in [3.8, 4) is 0 Å². The van der Waals surface area contributed by atoms with Gasteiger partial charge in [-0.15, -0.1) is 0 Å². The van der Waals surface area contributed by atoms with Gasteiger partial charge in [-0.3, -0.25) is 4.79 Å². The molecule has 1 fully saturated rings. The molecule has 1 aromatic carbocycles. The van der Waals surface area contributed by atoms with Crippen LogP contribution in [0.1, 0.15) is 72.2 Å². The van der Waals surface area contributed by atoms with Gasteiger partial charge in [-0.25, -0.2) is 29.1 Å². The van der Waals surface area contributed by atoms with Crippen molar-refractivity contribution in [1.82, 2.24) is 19.9 Å². The first-order valence-corrected chi connectivity index (χ1v) is 12.3. The highest BCUT2D eigenvalue weighted by Gasteiger charge is 2.45. The zero-order chi connectivity index (χ0) is 26.1. The standard InChI is InChI=1S/C16H15ClFN3O2.C9H11ClN2O/c1-2-23-14(22)10-8-19-15(20-9-10)21-16(5-6-16)11-3-4-13(18)12(17)7-11;1-2-3-4-8(13)7-5-11-9(10)12-6-7/h3-4,7-9H,2,5-6H2,1H3,(H,19,20,21);5-6H,2-4H2,1H3. The van der Waals surface area contributed by atoms with E-state index in [2.05, 4.69) is 25.3 Å². The average molecular weight is 534 g/mol. The van der Waals surface area contributed by atoms with E-state index in [4.69, 9.17) is 27.9 Å². The van der Waals surface area contributed by atoms with Crippen LogP contribution in [0.4, 0.5) is 10.3 Å². The fraction of sp³-hybridized carbons (Fsp3) is 0.360. The number of rotatable bonds is 9. The van der Waals surface area contributed by atoms with Crippen LogP contribution in [0.15, 0.2) is 43.0 Å². The second kappa shape index (κ2) is 12.7. The zero-order valence-corrected chi connectivity index (χ0v) is 21.4. The summed E-state index contributed by atoms with van der Waals surface area (Å²) in [6, 6.07) is 4.67. The summed E-state index contributed by atoms with van der Waals surface area (Å²) in [5.41, 5.74) is 1.40. The number of hydrogen-bond acceptors (Lipinski definition) is 8. The van der Waals surface area contributed by atoms with Gasteiger partial charge in [-0.1, -0.05) is 31.0 Å². The maximum absolute atomic E-state index is 13.3. The van der Waals surface area contributed by atoms with Crippen LogP contribution in [0.25, 0.3) is 0 Å². The van der Waals surface area contributed by atoms with Crippen LogP contribution in [0.3, 0.4) is 0 Å². The number of benzene rings is 1. The van der Waals surface area contributed by atoms with Gasteiger partial charge < -0.3 is 10.1 Å². The Labute approximate surface area is 218 Å². The number of halogens is 3. The first kappa shape index (κ1) is 27.4. The molecule has 0 atom stereocenters. The summed E-state index contributed by atoms with van der Waals surface area (Å²) in [7, 11) is 0. The Morgan fingerprint density at radius 2 is 1.67 bits per heavy atom. The first-order chi connectivity index (χ1) is 17.3. The van der Waals surface area contributed by atoms with Crippen molar-refractivity contribution in [1.29, 1.82) is 0 Å². The molecule has 36 heavy (non-hydrogen) atoms. The lowest BCUT2D eigenvalue weighted by Gasteiger charge is -2.18. The third kappa shape index (κ3) is 7.41. The molecule has 0 bridgehead atoms. The number of ketones is 1. The maximum Gasteiger partial charge on any atom is 0.341 e. The molecule has 0 amide bonds. The fourth-order valence-corrected chi connectivity index (χ4v) is 3.55. The quantitative estimate of drug-likeness (QED) is 0.201. The summed E-state index contributed by atoms with van der Waals surface area (Å²) in [6.45, 7) is 4.08. The number of anilines is 1. The Kier molecular flexibility index (Phi) is 9.66. The Balaban J connectivity index is 0.000000236. The lowest BCUT2D eigenvalue weighted by molar-refractivity contribution is 0.0525. The molecule has 0 saturated heterocycles. The lowest BCUT2D eigenvalue weighted by Crippen LogP contribution is -2.20. The van der Waals surface area contributed by atoms with Crippen LogP contribution in [0.2, 0.25) is 10.3 Å². The molecule has 1 aliphatic rings. The molecule has 0 radical (unpaired) electrons. The van der Waals surface area contributed by atoms with Gasteiger partial charge in [-0.05, 0) is 55.5 Å². The predicted molar refractivity (Wildman–Crippen MR) is 135 cm³/mol. The van der Waals surface area contributed by atoms with Crippen molar-refractivity contribution in [3.05, 3.63) is 75.8 Å². The number of carbonyl (C=O) groups is 2. The highest BCUT2D eigenvalue weighted by Crippen LogP contribution is 2.48. The van der Waals surface area contributed by atoms with E-state index in [1.54, 1.807) is 19.1 Å². The molecule has 2 aromatic heterocycles. The average Bonchev–Trinajstić information content (AvgIpc) is 3.66. The second-order valence-corrected chi connectivity index (χ2v) is 8.86. The molecule has 11 heteroatoms. The third-order valence-electron chi connectivity index (χ3n) is 5.44. The Bertz CT molecular complexity index is 1190. The molecule has 8 nitrogen and oxygen atoms in total. The maximum atomic E-state index is 13.3. The van der Waals surface area contributed by atoms with Crippen molar-refractivity contribution >= 4 is 40.9 Å². The molecule has 3 aromatic rings. The van der Waals surface area contributed by atoms with E-state index >= 15 is 0 Å². The van der Waals surface area contributed by atoms with Crippen LogP contribution < -0.4 is 5.32 Å². The summed E-state index contributed by atoms with van der Waals surface area (Å²) in [5, 5.41) is 3.50. The Hall–Kier alpha value is -3.17. The number of hydrogen-bond donors (Lipinski definition) is 1. The van der Waals surface area contributed by atoms with Crippen molar-refractivity contribution in [2.24, 2.45) is 0 Å². The summed E-state index contributed by atoms with van der Waals surface area (Å²) in [4.78, 5) is 38.7. The Morgan fingerprint density at radius 3 is 2.22 bits per heavy atom. The molecule has 0 spiro atoms. The molecule has 1 saturated carbocycles. The Morgan fingerprint density at radius 1 is 1.03 bits per heavy atom. The summed E-state index contributed by atoms with van der Waals surface area (Å²) in [5.74, 6) is -0.415. The van der Waals surface area contributed by atoms with E-state index in [-0.39, 0.29) is 21.6 Å². The molecular formula is C25H26Cl2FN5O3.